The van der Waals surface area contributed by atoms with Crippen molar-refractivity contribution >= 4 is 5.97 Å². The van der Waals surface area contributed by atoms with E-state index in [1.807, 2.05) is 25.1 Å². The molecule has 132 valence electrons. The van der Waals surface area contributed by atoms with Crippen LogP contribution < -0.4 is 21.7 Å². The van der Waals surface area contributed by atoms with Gasteiger partial charge in [0.25, 0.3) is 0 Å². The number of methoxy groups -OCH3 is 1. The van der Waals surface area contributed by atoms with E-state index in [-0.39, 0.29) is 42.2 Å². The molecular weight excluding hydrogens is 308 g/mol. The third-order valence-corrected chi connectivity index (χ3v) is 5.26. The second kappa shape index (κ2) is 7.58. The average molecular weight is 334 g/mol. The topological polar surface area (TPSA) is 94.7 Å². The summed E-state index contributed by atoms with van der Waals surface area (Å²) in [6, 6.07) is 10.3. The van der Waals surface area contributed by atoms with Crippen molar-refractivity contribution in [2.45, 2.75) is 31.7 Å². The van der Waals surface area contributed by atoms with Gasteiger partial charge in [-0.3, -0.25) is 15.6 Å². The summed E-state index contributed by atoms with van der Waals surface area (Å²) in [7, 11) is 1.41. The average Bonchev–Trinajstić information content (AvgIpc) is 3.21. The SMILES string of the molecule is COC(=O)CC(C1CNNC1c1ccccc1)C1C(C)NNC1O. The van der Waals surface area contributed by atoms with Gasteiger partial charge in [0, 0.05) is 24.9 Å². The Morgan fingerprint density at radius 1 is 1.29 bits per heavy atom. The van der Waals surface area contributed by atoms with E-state index in [1.54, 1.807) is 0 Å². The number of hydrazine groups is 2. The molecule has 5 N–H and O–H groups in total. The largest absolute Gasteiger partial charge is 0.469 e. The first-order chi connectivity index (χ1) is 11.6. The number of carbonyl (C=O) groups excluding carboxylic acids is 1. The van der Waals surface area contributed by atoms with Gasteiger partial charge in [-0.2, -0.15) is 0 Å². The highest BCUT2D eigenvalue weighted by molar-refractivity contribution is 5.69. The van der Waals surface area contributed by atoms with E-state index in [4.69, 9.17) is 4.74 Å². The van der Waals surface area contributed by atoms with E-state index in [9.17, 15) is 9.90 Å². The third-order valence-electron chi connectivity index (χ3n) is 5.26. The second-order valence-electron chi connectivity index (χ2n) is 6.62. The fourth-order valence-electron chi connectivity index (χ4n) is 4.04. The van der Waals surface area contributed by atoms with Gasteiger partial charge in [-0.15, -0.1) is 0 Å². The summed E-state index contributed by atoms with van der Waals surface area (Å²) in [5.41, 5.74) is 13.7. The first-order valence-electron chi connectivity index (χ1n) is 8.41. The van der Waals surface area contributed by atoms with Gasteiger partial charge >= 0.3 is 5.97 Å². The first kappa shape index (κ1) is 17.3. The van der Waals surface area contributed by atoms with Crippen LogP contribution in [0.25, 0.3) is 0 Å². The van der Waals surface area contributed by atoms with Crippen LogP contribution in [-0.4, -0.2) is 37.0 Å². The van der Waals surface area contributed by atoms with Crippen LogP contribution in [0, 0.1) is 17.8 Å². The lowest BCUT2D eigenvalue weighted by molar-refractivity contribution is -0.143. The fraction of sp³-hybridized carbons (Fsp3) is 0.588. The predicted octanol–water partition coefficient (Wildman–Crippen LogP) is 0.0619. The van der Waals surface area contributed by atoms with Gasteiger partial charge in [-0.25, -0.2) is 10.9 Å². The highest BCUT2D eigenvalue weighted by atomic mass is 16.5. The van der Waals surface area contributed by atoms with Crippen LogP contribution in [-0.2, 0) is 9.53 Å². The lowest BCUT2D eigenvalue weighted by atomic mass is 9.72. The highest BCUT2D eigenvalue weighted by Crippen LogP contribution is 2.39. The number of rotatable bonds is 5. The van der Waals surface area contributed by atoms with E-state index >= 15 is 0 Å². The van der Waals surface area contributed by atoms with Crippen molar-refractivity contribution in [3.05, 3.63) is 35.9 Å². The molecule has 1 aromatic rings. The Bertz CT molecular complexity index is 546. The molecule has 1 aromatic carbocycles. The van der Waals surface area contributed by atoms with Crippen LogP contribution in [0.15, 0.2) is 30.3 Å². The molecule has 2 saturated heterocycles. The van der Waals surface area contributed by atoms with Crippen molar-refractivity contribution in [1.82, 2.24) is 21.7 Å². The lowest BCUT2D eigenvalue weighted by Gasteiger charge is -2.34. The van der Waals surface area contributed by atoms with E-state index in [0.29, 0.717) is 0 Å². The Balaban J connectivity index is 1.87. The van der Waals surface area contributed by atoms with E-state index in [1.165, 1.54) is 12.7 Å². The molecule has 0 saturated carbocycles. The highest BCUT2D eigenvalue weighted by Gasteiger charge is 2.46. The van der Waals surface area contributed by atoms with Gasteiger partial charge in [-0.05, 0) is 24.3 Å². The van der Waals surface area contributed by atoms with Gasteiger partial charge in [0.15, 0.2) is 0 Å². The maximum absolute atomic E-state index is 12.0. The maximum Gasteiger partial charge on any atom is 0.305 e. The molecular formula is C17H26N4O3. The normalized spacial score (nSPS) is 34.2. The molecule has 0 bridgehead atoms. The summed E-state index contributed by atoms with van der Waals surface area (Å²) >= 11 is 0. The summed E-state index contributed by atoms with van der Waals surface area (Å²) in [5, 5.41) is 10.4. The molecule has 2 heterocycles. The van der Waals surface area contributed by atoms with E-state index in [2.05, 4.69) is 33.8 Å². The minimum absolute atomic E-state index is 0.0299. The first-order valence-corrected chi connectivity index (χ1v) is 8.41. The van der Waals surface area contributed by atoms with Crippen molar-refractivity contribution < 1.29 is 14.6 Å². The minimum atomic E-state index is -0.688. The standard InChI is InChI=1S/C17H26N4O3/c1-10-15(17(23)21-19-10)12(8-14(22)24-2)13-9-18-20-16(13)11-6-4-3-5-7-11/h3-7,10,12-13,15-21,23H,8-9H2,1-2H3. The Morgan fingerprint density at radius 2 is 2.04 bits per heavy atom. The summed E-state index contributed by atoms with van der Waals surface area (Å²) in [6.45, 7) is 2.75. The molecule has 2 aliphatic heterocycles. The monoisotopic (exact) mass is 334 g/mol. The predicted molar refractivity (Wildman–Crippen MR) is 89.2 cm³/mol. The number of esters is 1. The van der Waals surface area contributed by atoms with Gasteiger partial charge in [0.2, 0.25) is 0 Å². The molecule has 0 radical (unpaired) electrons. The zero-order valence-electron chi connectivity index (χ0n) is 14.0. The van der Waals surface area contributed by atoms with Crippen molar-refractivity contribution in [2.75, 3.05) is 13.7 Å². The van der Waals surface area contributed by atoms with E-state index in [0.717, 1.165) is 6.54 Å². The molecule has 24 heavy (non-hydrogen) atoms. The van der Waals surface area contributed by atoms with E-state index < -0.39 is 6.23 Å². The number of nitrogens with one attached hydrogen (secondary N) is 4. The molecule has 6 atom stereocenters. The number of aliphatic hydroxyl groups excluding tert-OH is 1. The zero-order chi connectivity index (χ0) is 17.1. The van der Waals surface area contributed by atoms with Crippen molar-refractivity contribution in [3.63, 3.8) is 0 Å². The molecule has 0 aliphatic carbocycles. The molecule has 3 rings (SSSR count). The van der Waals surface area contributed by atoms with Gasteiger partial charge in [0.1, 0.15) is 6.23 Å². The number of benzene rings is 1. The number of hydrogen-bond acceptors (Lipinski definition) is 7. The van der Waals surface area contributed by atoms with Crippen molar-refractivity contribution in [1.29, 1.82) is 0 Å². The fourth-order valence-corrected chi connectivity index (χ4v) is 4.04. The lowest BCUT2D eigenvalue weighted by Crippen LogP contribution is -2.40. The molecule has 0 spiro atoms. The molecule has 2 fully saturated rings. The third kappa shape index (κ3) is 3.45. The summed E-state index contributed by atoms with van der Waals surface area (Å²) in [5.74, 6) is -0.194. The van der Waals surface area contributed by atoms with Crippen LogP contribution in [0.2, 0.25) is 0 Å². The van der Waals surface area contributed by atoms with Gasteiger partial charge in [0.05, 0.1) is 13.2 Å². The van der Waals surface area contributed by atoms with Gasteiger partial charge in [-0.1, -0.05) is 30.3 Å². The van der Waals surface area contributed by atoms with Crippen LogP contribution in [0.1, 0.15) is 24.9 Å². The summed E-state index contributed by atoms with van der Waals surface area (Å²) in [6.07, 6.45) is -0.407. The quantitative estimate of drug-likeness (QED) is 0.486. The summed E-state index contributed by atoms with van der Waals surface area (Å²) in [4.78, 5) is 12.0. The Morgan fingerprint density at radius 3 is 2.67 bits per heavy atom. The number of ether oxygens (including phenoxy) is 1. The molecule has 6 unspecified atom stereocenters. The summed E-state index contributed by atoms with van der Waals surface area (Å²) < 4.78 is 4.91. The second-order valence-corrected chi connectivity index (χ2v) is 6.62. The Hall–Kier alpha value is -1.51. The van der Waals surface area contributed by atoms with Crippen LogP contribution >= 0.6 is 0 Å². The molecule has 0 aromatic heterocycles. The number of hydrogen-bond donors (Lipinski definition) is 5. The smallest absolute Gasteiger partial charge is 0.305 e. The van der Waals surface area contributed by atoms with Crippen molar-refractivity contribution in [3.8, 4) is 0 Å². The number of aliphatic hydroxyl groups is 1. The van der Waals surface area contributed by atoms with Crippen LogP contribution in [0.5, 0.6) is 0 Å². The molecule has 7 nitrogen and oxygen atoms in total. The molecule has 0 amide bonds. The number of carbonyl (C=O) groups is 1. The molecule has 2 aliphatic rings. The minimum Gasteiger partial charge on any atom is -0.469 e. The van der Waals surface area contributed by atoms with Crippen LogP contribution in [0.4, 0.5) is 0 Å². The van der Waals surface area contributed by atoms with Crippen LogP contribution in [0.3, 0.4) is 0 Å². The zero-order valence-corrected chi connectivity index (χ0v) is 14.0. The Labute approximate surface area is 142 Å². The molecule has 7 heteroatoms. The maximum atomic E-state index is 12.0. The van der Waals surface area contributed by atoms with Gasteiger partial charge < -0.3 is 9.84 Å². The Kier molecular flexibility index (Phi) is 5.47. The van der Waals surface area contributed by atoms with Crippen molar-refractivity contribution in [2.24, 2.45) is 17.8 Å².